The van der Waals surface area contributed by atoms with Crippen LogP contribution in [0.15, 0.2) is 36.4 Å². The molecule has 114 valence electrons. The molecule has 22 heavy (non-hydrogen) atoms. The van der Waals surface area contributed by atoms with Gasteiger partial charge >= 0.3 is 0 Å². The van der Waals surface area contributed by atoms with Gasteiger partial charge in [0.25, 0.3) is 0 Å². The van der Waals surface area contributed by atoms with Gasteiger partial charge in [0.05, 0.1) is 11.7 Å². The second kappa shape index (κ2) is 6.35. The Balaban J connectivity index is 2.07. The van der Waals surface area contributed by atoms with Crippen LogP contribution in [0.3, 0.4) is 0 Å². The number of carbonyl (C=O) groups is 1. The van der Waals surface area contributed by atoms with Gasteiger partial charge in [0.1, 0.15) is 5.75 Å². The van der Waals surface area contributed by atoms with Crippen LogP contribution in [0.4, 0.5) is 0 Å². The number of benzene rings is 2. The van der Waals surface area contributed by atoms with Crippen LogP contribution < -0.4 is 4.74 Å². The second-order valence-corrected chi connectivity index (χ2v) is 6.23. The average Bonchev–Trinajstić information content (AvgIpc) is 2.50. The zero-order valence-corrected chi connectivity index (χ0v) is 13.3. The summed E-state index contributed by atoms with van der Waals surface area (Å²) in [5.41, 5.74) is 5.59. The lowest BCUT2D eigenvalue weighted by Gasteiger charge is -2.19. The number of carbonyl (C=O) groups excluding carboxylic acids is 1. The van der Waals surface area contributed by atoms with E-state index in [0.29, 0.717) is 0 Å². The lowest BCUT2D eigenvalue weighted by atomic mass is 9.92. The molecule has 0 radical (unpaired) electrons. The van der Waals surface area contributed by atoms with E-state index >= 15 is 0 Å². The fourth-order valence-electron chi connectivity index (χ4n) is 3.04. The summed E-state index contributed by atoms with van der Waals surface area (Å²) in [5.74, 6) is 0.789. The van der Waals surface area contributed by atoms with Crippen molar-refractivity contribution in [1.82, 2.24) is 0 Å². The molecule has 2 aromatic rings. The predicted molar refractivity (Wildman–Crippen MR) is 88.9 cm³/mol. The second-order valence-electron chi connectivity index (χ2n) is 6.23. The van der Waals surface area contributed by atoms with Gasteiger partial charge in [-0.2, -0.15) is 0 Å². The van der Waals surface area contributed by atoms with Gasteiger partial charge in [-0.1, -0.05) is 36.4 Å². The molecule has 6 rings (SSSR count). The van der Waals surface area contributed by atoms with Crippen LogP contribution in [-0.4, -0.2) is 12.4 Å². The normalized spacial score (nSPS) is 13.8. The van der Waals surface area contributed by atoms with Crippen molar-refractivity contribution in [2.75, 3.05) is 0 Å². The quantitative estimate of drug-likeness (QED) is 0.794. The topological polar surface area (TPSA) is 26.3 Å². The van der Waals surface area contributed by atoms with Crippen LogP contribution >= 0.6 is 0 Å². The summed E-state index contributed by atoms with van der Waals surface area (Å²) in [5, 5.41) is 0. The van der Waals surface area contributed by atoms with Crippen molar-refractivity contribution in [3.05, 3.63) is 64.2 Å². The zero-order chi connectivity index (χ0) is 15.5. The molecule has 0 saturated carbocycles. The number of rotatable bonds is 3. The summed E-state index contributed by atoms with van der Waals surface area (Å²) in [6.07, 6.45) is 4.70. The third-order valence-electron chi connectivity index (χ3n) is 4.23. The first kappa shape index (κ1) is 14.8. The molecule has 2 aromatic carbocycles. The van der Waals surface area contributed by atoms with E-state index in [1.165, 1.54) is 11.1 Å². The highest BCUT2D eigenvalue weighted by Crippen LogP contribution is 2.30. The van der Waals surface area contributed by atoms with E-state index in [-0.39, 0.29) is 6.10 Å². The van der Waals surface area contributed by atoms with Crippen LogP contribution in [0.1, 0.15) is 46.5 Å². The maximum atomic E-state index is 11.7. The Hall–Kier alpha value is -2.09. The van der Waals surface area contributed by atoms with Gasteiger partial charge in [0, 0.05) is 0 Å². The molecule has 0 spiro atoms. The van der Waals surface area contributed by atoms with Crippen molar-refractivity contribution < 1.29 is 9.53 Å². The van der Waals surface area contributed by atoms with E-state index in [2.05, 4.69) is 36.4 Å². The highest BCUT2D eigenvalue weighted by atomic mass is 16.5. The molecule has 0 amide bonds. The number of hydrogen-bond donors (Lipinski definition) is 0. The van der Waals surface area contributed by atoms with Gasteiger partial charge in [-0.25, -0.2) is 0 Å². The molecule has 0 atom stereocenters. The van der Waals surface area contributed by atoms with Crippen molar-refractivity contribution in [3.63, 3.8) is 0 Å². The summed E-state index contributed by atoms with van der Waals surface area (Å²) in [6, 6.07) is 13.1. The summed E-state index contributed by atoms with van der Waals surface area (Å²) >= 11 is 0. The van der Waals surface area contributed by atoms with Crippen LogP contribution in [0.2, 0.25) is 0 Å². The molecule has 0 fully saturated rings. The minimum absolute atomic E-state index is 0.0684. The van der Waals surface area contributed by atoms with Crippen LogP contribution in [0.25, 0.3) is 0 Å². The molecule has 4 aliphatic carbocycles. The Morgan fingerprint density at radius 1 is 0.864 bits per heavy atom. The highest BCUT2D eigenvalue weighted by Gasteiger charge is 2.16. The predicted octanol–water partition coefficient (Wildman–Crippen LogP) is 4.17. The molecule has 4 aliphatic rings. The smallest absolute Gasteiger partial charge is 0.154 e. The molecular weight excluding hydrogens is 272 g/mol. The van der Waals surface area contributed by atoms with Crippen molar-refractivity contribution in [2.24, 2.45) is 0 Å². The van der Waals surface area contributed by atoms with E-state index in [0.717, 1.165) is 54.4 Å². The zero-order valence-electron chi connectivity index (χ0n) is 13.3. The fourth-order valence-corrected chi connectivity index (χ4v) is 3.04. The standard InChI is InChI=1S/C20H22O2/c1-14(2)22-20-18-10-8-16-5-3-15(4-6-16)7-9-17(11-12-18)19(20)13-21/h3-6,11-14H,7-10H2,1-2H3. The van der Waals surface area contributed by atoms with E-state index in [1.807, 2.05) is 13.8 Å². The Kier molecular flexibility index (Phi) is 4.28. The lowest BCUT2D eigenvalue weighted by molar-refractivity contribution is 0.111. The van der Waals surface area contributed by atoms with Crippen LogP contribution in [-0.2, 0) is 25.7 Å². The molecule has 0 heterocycles. The molecular formula is C20H22O2. The summed E-state index contributed by atoms with van der Waals surface area (Å²) in [6.45, 7) is 4.01. The fraction of sp³-hybridized carbons (Fsp3) is 0.350. The highest BCUT2D eigenvalue weighted by molar-refractivity contribution is 5.83. The van der Waals surface area contributed by atoms with Gasteiger partial charge in [0.15, 0.2) is 6.29 Å². The van der Waals surface area contributed by atoms with E-state index in [4.69, 9.17) is 4.74 Å². The third kappa shape index (κ3) is 3.06. The average molecular weight is 294 g/mol. The monoisotopic (exact) mass is 294 g/mol. The Bertz CT molecular complexity index is 669. The van der Waals surface area contributed by atoms with Crippen molar-refractivity contribution in [3.8, 4) is 5.75 Å². The first-order valence-corrected chi connectivity index (χ1v) is 8.02. The number of hydrogen-bond acceptors (Lipinski definition) is 2. The third-order valence-corrected chi connectivity index (χ3v) is 4.23. The van der Waals surface area contributed by atoms with Crippen molar-refractivity contribution >= 4 is 6.29 Å². The Morgan fingerprint density at radius 2 is 1.41 bits per heavy atom. The molecule has 0 aliphatic heterocycles. The summed E-state index contributed by atoms with van der Waals surface area (Å²) < 4.78 is 6.00. The molecule has 4 bridgehead atoms. The van der Waals surface area contributed by atoms with Crippen molar-refractivity contribution in [2.45, 2.75) is 45.6 Å². The van der Waals surface area contributed by atoms with E-state index in [1.54, 1.807) is 0 Å². The largest absolute Gasteiger partial charge is 0.490 e. The SMILES string of the molecule is CC(C)Oc1c2ccc(c1C=O)CCc1ccc(cc1)CC2. The van der Waals surface area contributed by atoms with E-state index in [9.17, 15) is 4.79 Å². The van der Waals surface area contributed by atoms with E-state index < -0.39 is 0 Å². The molecule has 0 aromatic heterocycles. The Labute approximate surface area is 132 Å². The number of aryl methyl sites for hydroxylation is 4. The van der Waals surface area contributed by atoms with Gasteiger partial charge in [0.2, 0.25) is 0 Å². The number of aldehydes is 1. The van der Waals surface area contributed by atoms with Gasteiger partial charge in [-0.3, -0.25) is 4.79 Å². The first-order chi connectivity index (χ1) is 10.7. The first-order valence-electron chi connectivity index (χ1n) is 8.02. The van der Waals surface area contributed by atoms with Gasteiger partial charge < -0.3 is 4.74 Å². The summed E-state index contributed by atoms with van der Waals surface area (Å²) in [4.78, 5) is 11.7. The minimum Gasteiger partial charge on any atom is -0.490 e. The molecule has 2 heteroatoms. The number of ether oxygens (including phenoxy) is 1. The van der Waals surface area contributed by atoms with Gasteiger partial charge in [-0.15, -0.1) is 0 Å². The Morgan fingerprint density at radius 3 is 1.95 bits per heavy atom. The van der Waals surface area contributed by atoms with Crippen LogP contribution in [0.5, 0.6) is 5.75 Å². The molecule has 2 nitrogen and oxygen atoms in total. The molecule has 0 unspecified atom stereocenters. The minimum atomic E-state index is 0.0684. The maximum absolute atomic E-state index is 11.7. The maximum Gasteiger partial charge on any atom is 0.154 e. The molecule has 0 saturated heterocycles. The van der Waals surface area contributed by atoms with Crippen LogP contribution in [0, 0.1) is 0 Å². The molecule has 0 N–H and O–H groups in total. The lowest BCUT2D eigenvalue weighted by Crippen LogP contribution is -2.12. The van der Waals surface area contributed by atoms with Gasteiger partial charge in [-0.05, 0) is 61.8 Å². The van der Waals surface area contributed by atoms with Crippen molar-refractivity contribution in [1.29, 1.82) is 0 Å². The summed E-state index contributed by atoms with van der Waals surface area (Å²) in [7, 11) is 0.